The molecule has 0 bridgehead atoms. The van der Waals surface area contributed by atoms with Crippen molar-refractivity contribution in [3.05, 3.63) is 11.8 Å². The van der Waals surface area contributed by atoms with Crippen LogP contribution in [-0.4, -0.2) is 35.5 Å². The van der Waals surface area contributed by atoms with Gasteiger partial charge in [0.15, 0.2) is 5.82 Å². The highest BCUT2D eigenvalue weighted by Crippen LogP contribution is 2.27. The average molecular weight is 279 g/mol. The first kappa shape index (κ1) is 14.6. The van der Waals surface area contributed by atoms with E-state index in [-0.39, 0.29) is 18.4 Å². The van der Waals surface area contributed by atoms with E-state index in [1.54, 1.807) is 20.0 Å². The number of amides is 2. The van der Waals surface area contributed by atoms with Crippen LogP contribution < -0.4 is 5.32 Å². The number of aryl methyl sites for hydroxylation is 1. The van der Waals surface area contributed by atoms with Gasteiger partial charge >= 0.3 is 0 Å². The number of nitrogens with zero attached hydrogens (tertiary/aromatic N) is 2. The highest BCUT2D eigenvalue weighted by atomic mass is 16.5. The third kappa shape index (κ3) is 4.08. The Morgan fingerprint density at radius 1 is 1.45 bits per heavy atom. The average Bonchev–Trinajstić information content (AvgIpc) is 3.01. The van der Waals surface area contributed by atoms with Crippen molar-refractivity contribution in [1.82, 2.24) is 10.1 Å². The zero-order valence-corrected chi connectivity index (χ0v) is 12.0. The number of likely N-dealkylation sites (N-methyl/N-ethyl adjacent to an activating group) is 1. The molecule has 1 aromatic rings. The smallest absolute Gasteiger partial charge is 0.245 e. The van der Waals surface area contributed by atoms with E-state index < -0.39 is 0 Å². The van der Waals surface area contributed by atoms with Gasteiger partial charge in [0.2, 0.25) is 11.8 Å². The molecule has 0 unspecified atom stereocenters. The van der Waals surface area contributed by atoms with E-state index in [0.717, 1.165) is 12.8 Å². The quantitative estimate of drug-likeness (QED) is 0.894. The summed E-state index contributed by atoms with van der Waals surface area (Å²) < 4.78 is 4.86. The molecule has 1 saturated carbocycles. The van der Waals surface area contributed by atoms with Gasteiger partial charge in [-0.3, -0.25) is 9.59 Å². The molecule has 0 radical (unpaired) electrons. The van der Waals surface area contributed by atoms with E-state index >= 15 is 0 Å². The highest BCUT2D eigenvalue weighted by Gasteiger charge is 2.21. The van der Waals surface area contributed by atoms with E-state index in [1.807, 2.05) is 0 Å². The molecule has 1 fully saturated rings. The summed E-state index contributed by atoms with van der Waals surface area (Å²) in [6, 6.07) is 1.64. The maximum absolute atomic E-state index is 12.0. The fraction of sp³-hybridized carbons (Fsp3) is 0.643. The number of carbonyl (C=O) groups is 2. The van der Waals surface area contributed by atoms with Crippen LogP contribution in [0.2, 0.25) is 0 Å². The normalized spacial score (nSPS) is 15.3. The van der Waals surface area contributed by atoms with Crippen LogP contribution in [0.25, 0.3) is 0 Å². The summed E-state index contributed by atoms with van der Waals surface area (Å²) in [4.78, 5) is 25.3. The van der Waals surface area contributed by atoms with Crippen LogP contribution in [0.3, 0.4) is 0 Å². The van der Waals surface area contributed by atoms with Crippen molar-refractivity contribution in [2.75, 3.05) is 18.9 Å². The minimum absolute atomic E-state index is 0.0309. The zero-order chi connectivity index (χ0) is 14.5. The molecule has 1 heterocycles. The fourth-order valence-corrected chi connectivity index (χ4v) is 2.53. The number of hydrogen-bond acceptors (Lipinski definition) is 4. The van der Waals surface area contributed by atoms with Crippen LogP contribution in [0, 0.1) is 12.8 Å². The molecule has 2 amide bonds. The van der Waals surface area contributed by atoms with Crippen LogP contribution >= 0.6 is 0 Å². The number of hydrogen-bond donors (Lipinski definition) is 1. The van der Waals surface area contributed by atoms with E-state index in [1.165, 1.54) is 17.7 Å². The van der Waals surface area contributed by atoms with Gasteiger partial charge in [-0.1, -0.05) is 18.0 Å². The Bertz CT molecular complexity index is 478. The Morgan fingerprint density at radius 2 is 2.15 bits per heavy atom. The lowest BCUT2D eigenvalue weighted by atomic mass is 10.0. The molecule has 1 aromatic heterocycles. The third-order valence-electron chi connectivity index (χ3n) is 3.64. The first-order chi connectivity index (χ1) is 9.54. The third-order valence-corrected chi connectivity index (χ3v) is 3.64. The van der Waals surface area contributed by atoms with Crippen molar-refractivity contribution in [2.24, 2.45) is 5.92 Å². The van der Waals surface area contributed by atoms with Crippen LogP contribution in [0.5, 0.6) is 0 Å². The predicted octanol–water partition coefficient (Wildman–Crippen LogP) is 1.96. The molecule has 110 valence electrons. The molecule has 6 nitrogen and oxygen atoms in total. The van der Waals surface area contributed by atoms with Gasteiger partial charge in [0.1, 0.15) is 5.76 Å². The summed E-state index contributed by atoms with van der Waals surface area (Å²) in [6.07, 6.45) is 5.24. The molecule has 1 aliphatic rings. The van der Waals surface area contributed by atoms with Crippen LogP contribution in [-0.2, 0) is 9.59 Å². The largest absolute Gasteiger partial charge is 0.360 e. The van der Waals surface area contributed by atoms with E-state index in [4.69, 9.17) is 4.52 Å². The Labute approximate surface area is 118 Å². The molecule has 1 aliphatic carbocycles. The van der Waals surface area contributed by atoms with E-state index in [9.17, 15) is 9.59 Å². The second-order valence-electron chi connectivity index (χ2n) is 5.48. The summed E-state index contributed by atoms with van der Waals surface area (Å²) in [6.45, 7) is 1.79. The predicted molar refractivity (Wildman–Crippen MR) is 74.1 cm³/mol. The van der Waals surface area contributed by atoms with E-state index in [0.29, 0.717) is 23.9 Å². The lowest BCUT2D eigenvalue weighted by molar-refractivity contribution is -0.134. The second kappa shape index (κ2) is 6.54. The lowest BCUT2D eigenvalue weighted by Gasteiger charge is -2.18. The van der Waals surface area contributed by atoms with Gasteiger partial charge in [0.25, 0.3) is 0 Å². The number of aromatic nitrogens is 1. The van der Waals surface area contributed by atoms with Crippen molar-refractivity contribution in [2.45, 2.75) is 39.0 Å². The van der Waals surface area contributed by atoms with Crippen molar-refractivity contribution in [1.29, 1.82) is 0 Å². The number of anilines is 1. The summed E-state index contributed by atoms with van der Waals surface area (Å²) >= 11 is 0. The fourth-order valence-electron chi connectivity index (χ4n) is 2.53. The minimum atomic E-state index is -0.263. The van der Waals surface area contributed by atoms with Crippen molar-refractivity contribution in [3.8, 4) is 0 Å². The van der Waals surface area contributed by atoms with Gasteiger partial charge in [-0.15, -0.1) is 0 Å². The Hall–Kier alpha value is -1.85. The standard InChI is InChI=1S/C14H21N3O3/c1-10-7-12(16-20-10)15-13(18)9-17(2)14(19)8-11-5-3-4-6-11/h7,11H,3-6,8-9H2,1-2H3,(H,15,16,18). The zero-order valence-electron chi connectivity index (χ0n) is 12.0. The Morgan fingerprint density at radius 3 is 2.75 bits per heavy atom. The maximum Gasteiger partial charge on any atom is 0.245 e. The van der Waals surface area contributed by atoms with E-state index in [2.05, 4.69) is 10.5 Å². The second-order valence-corrected chi connectivity index (χ2v) is 5.48. The Kier molecular flexibility index (Phi) is 4.76. The summed E-state index contributed by atoms with van der Waals surface area (Å²) in [5.74, 6) is 1.27. The number of rotatable bonds is 5. The summed E-state index contributed by atoms with van der Waals surface area (Å²) in [5.41, 5.74) is 0. The van der Waals surface area contributed by atoms with Crippen molar-refractivity contribution >= 4 is 17.6 Å². The summed E-state index contributed by atoms with van der Waals surface area (Å²) in [5, 5.41) is 6.29. The van der Waals surface area contributed by atoms with Crippen LogP contribution in [0.1, 0.15) is 37.9 Å². The van der Waals surface area contributed by atoms with Gasteiger partial charge in [-0.2, -0.15) is 0 Å². The molecule has 0 aromatic carbocycles. The molecule has 2 rings (SSSR count). The molecule has 0 spiro atoms. The van der Waals surface area contributed by atoms with Gasteiger partial charge in [0.05, 0.1) is 6.54 Å². The number of nitrogens with one attached hydrogen (secondary N) is 1. The highest BCUT2D eigenvalue weighted by molar-refractivity contribution is 5.93. The SMILES string of the molecule is Cc1cc(NC(=O)CN(C)C(=O)CC2CCCC2)no1. The summed E-state index contributed by atoms with van der Waals surface area (Å²) in [7, 11) is 1.66. The molecule has 0 atom stereocenters. The van der Waals surface area contributed by atoms with Crippen molar-refractivity contribution < 1.29 is 14.1 Å². The first-order valence-electron chi connectivity index (χ1n) is 7.01. The maximum atomic E-state index is 12.0. The molecule has 0 aliphatic heterocycles. The molecular weight excluding hydrogens is 258 g/mol. The van der Waals surface area contributed by atoms with Crippen LogP contribution in [0.15, 0.2) is 10.6 Å². The molecular formula is C14H21N3O3. The molecule has 0 saturated heterocycles. The lowest BCUT2D eigenvalue weighted by Crippen LogP contribution is -2.35. The van der Waals surface area contributed by atoms with Gasteiger partial charge in [-0.25, -0.2) is 0 Å². The van der Waals surface area contributed by atoms with Gasteiger partial charge in [0, 0.05) is 19.5 Å². The monoisotopic (exact) mass is 279 g/mol. The van der Waals surface area contributed by atoms with Gasteiger partial charge in [-0.05, 0) is 25.7 Å². The molecule has 20 heavy (non-hydrogen) atoms. The van der Waals surface area contributed by atoms with Crippen molar-refractivity contribution in [3.63, 3.8) is 0 Å². The van der Waals surface area contributed by atoms with Crippen LogP contribution in [0.4, 0.5) is 5.82 Å². The first-order valence-corrected chi connectivity index (χ1v) is 7.01. The van der Waals surface area contributed by atoms with Gasteiger partial charge < -0.3 is 14.7 Å². The topological polar surface area (TPSA) is 75.4 Å². The molecule has 1 N–H and O–H groups in total. The molecule has 6 heteroatoms. The minimum Gasteiger partial charge on any atom is -0.360 e. The number of carbonyl (C=O) groups excluding carboxylic acids is 2. The Balaban J connectivity index is 1.76.